The summed E-state index contributed by atoms with van der Waals surface area (Å²) in [6.07, 6.45) is 5.01. The molecule has 21 heavy (non-hydrogen) atoms. The zero-order chi connectivity index (χ0) is 15.2. The summed E-state index contributed by atoms with van der Waals surface area (Å²) in [5, 5.41) is 3.66. The number of hydrogen-bond donors (Lipinski definition) is 1. The van der Waals surface area contributed by atoms with Crippen molar-refractivity contribution in [1.82, 2.24) is 4.90 Å². The second-order valence-electron chi connectivity index (χ2n) is 6.13. The normalized spacial score (nSPS) is 22.3. The van der Waals surface area contributed by atoms with Gasteiger partial charge in [-0.25, -0.2) is 0 Å². The van der Waals surface area contributed by atoms with Crippen LogP contribution in [0.15, 0.2) is 18.2 Å². The van der Waals surface area contributed by atoms with Gasteiger partial charge < -0.3 is 19.7 Å². The molecule has 0 bridgehead atoms. The SMILES string of the molecule is COc1ccc(CN(C)C)cc1NC1CCC(OC)CC1. The van der Waals surface area contributed by atoms with Gasteiger partial charge in [0.1, 0.15) is 5.75 Å². The Morgan fingerprint density at radius 3 is 2.43 bits per heavy atom. The Hall–Kier alpha value is -1.26. The van der Waals surface area contributed by atoms with Crippen molar-refractivity contribution < 1.29 is 9.47 Å². The second-order valence-corrected chi connectivity index (χ2v) is 6.13. The standard InChI is InChI=1S/C17H28N2O2/c1-19(2)12-13-5-10-17(21-4)16(11-13)18-14-6-8-15(20-3)9-7-14/h5,10-11,14-15,18H,6-9,12H2,1-4H3. The minimum absolute atomic E-state index is 0.435. The fourth-order valence-electron chi connectivity index (χ4n) is 2.99. The lowest BCUT2D eigenvalue weighted by Gasteiger charge is -2.29. The van der Waals surface area contributed by atoms with E-state index < -0.39 is 0 Å². The molecule has 0 heterocycles. The third kappa shape index (κ3) is 4.61. The first-order valence-corrected chi connectivity index (χ1v) is 7.73. The molecule has 0 unspecified atom stereocenters. The summed E-state index contributed by atoms with van der Waals surface area (Å²) in [4.78, 5) is 2.18. The van der Waals surface area contributed by atoms with Crippen molar-refractivity contribution in [2.24, 2.45) is 0 Å². The molecule has 2 rings (SSSR count). The summed E-state index contributed by atoms with van der Waals surface area (Å²) in [5.41, 5.74) is 2.41. The quantitative estimate of drug-likeness (QED) is 0.873. The van der Waals surface area contributed by atoms with Crippen molar-refractivity contribution in [3.63, 3.8) is 0 Å². The minimum Gasteiger partial charge on any atom is -0.495 e. The van der Waals surface area contributed by atoms with Crippen LogP contribution < -0.4 is 10.1 Å². The first-order valence-electron chi connectivity index (χ1n) is 7.73. The van der Waals surface area contributed by atoms with Crippen molar-refractivity contribution in [3.8, 4) is 5.75 Å². The maximum atomic E-state index is 5.49. The Kier molecular flexibility index (Phi) is 5.88. The summed E-state index contributed by atoms with van der Waals surface area (Å²) in [6.45, 7) is 0.940. The molecule has 0 amide bonds. The van der Waals surface area contributed by atoms with E-state index in [4.69, 9.17) is 9.47 Å². The maximum Gasteiger partial charge on any atom is 0.141 e. The van der Waals surface area contributed by atoms with Gasteiger partial charge in [0.05, 0.1) is 18.9 Å². The highest BCUT2D eigenvalue weighted by molar-refractivity contribution is 5.58. The summed E-state index contributed by atoms with van der Waals surface area (Å²) in [7, 11) is 7.72. The Labute approximate surface area is 128 Å². The van der Waals surface area contributed by atoms with Crippen molar-refractivity contribution in [3.05, 3.63) is 23.8 Å². The van der Waals surface area contributed by atoms with Gasteiger partial charge in [0.2, 0.25) is 0 Å². The molecule has 1 saturated carbocycles. The molecule has 4 heteroatoms. The molecule has 4 nitrogen and oxygen atoms in total. The van der Waals surface area contributed by atoms with E-state index >= 15 is 0 Å². The Morgan fingerprint density at radius 1 is 1.14 bits per heavy atom. The average Bonchev–Trinajstić information content (AvgIpc) is 2.48. The highest BCUT2D eigenvalue weighted by Crippen LogP contribution is 2.30. The monoisotopic (exact) mass is 292 g/mol. The summed E-state index contributed by atoms with van der Waals surface area (Å²) in [5.74, 6) is 0.923. The molecule has 118 valence electrons. The van der Waals surface area contributed by atoms with Crippen molar-refractivity contribution in [2.75, 3.05) is 33.6 Å². The molecule has 0 saturated heterocycles. The summed E-state index contributed by atoms with van der Waals surface area (Å²) in [6, 6.07) is 6.91. The largest absolute Gasteiger partial charge is 0.495 e. The average molecular weight is 292 g/mol. The van der Waals surface area contributed by atoms with Gasteiger partial charge in [-0.1, -0.05) is 6.07 Å². The van der Waals surface area contributed by atoms with Gasteiger partial charge in [0.15, 0.2) is 0 Å². The van der Waals surface area contributed by atoms with Crippen LogP contribution in [0.1, 0.15) is 31.2 Å². The number of rotatable bonds is 6. The van der Waals surface area contributed by atoms with Crippen LogP contribution in [0.3, 0.4) is 0 Å². The predicted octanol–water partition coefficient (Wildman–Crippen LogP) is 3.13. The van der Waals surface area contributed by atoms with Crippen LogP contribution in [0.2, 0.25) is 0 Å². The van der Waals surface area contributed by atoms with Gasteiger partial charge in [-0.15, -0.1) is 0 Å². The third-order valence-corrected chi connectivity index (χ3v) is 4.13. The molecule has 0 radical (unpaired) electrons. The van der Waals surface area contributed by atoms with E-state index in [1.807, 2.05) is 7.11 Å². The fourth-order valence-corrected chi connectivity index (χ4v) is 2.99. The smallest absolute Gasteiger partial charge is 0.141 e. The molecular weight excluding hydrogens is 264 g/mol. The summed E-state index contributed by atoms with van der Waals surface area (Å²) < 4.78 is 10.9. The van der Waals surface area contributed by atoms with Crippen molar-refractivity contribution in [2.45, 2.75) is 44.4 Å². The van der Waals surface area contributed by atoms with Gasteiger partial charge in [-0.05, 0) is 57.5 Å². The van der Waals surface area contributed by atoms with Gasteiger partial charge in [-0.2, -0.15) is 0 Å². The van der Waals surface area contributed by atoms with Crippen LogP contribution in [0.25, 0.3) is 0 Å². The van der Waals surface area contributed by atoms with E-state index in [0.717, 1.165) is 43.7 Å². The van der Waals surface area contributed by atoms with E-state index in [0.29, 0.717) is 12.1 Å². The lowest BCUT2D eigenvalue weighted by molar-refractivity contribution is 0.0681. The molecule has 1 aliphatic carbocycles. The molecule has 0 aromatic heterocycles. The van der Waals surface area contributed by atoms with E-state index in [-0.39, 0.29) is 0 Å². The molecule has 1 fully saturated rings. The number of methoxy groups -OCH3 is 2. The maximum absolute atomic E-state index is 5.49. The van der Waals surface area contributed by atoms with Gasteiger partial charge in [0, 0.05) is 19.7 Å². The van der Waals surface area contributed by atoms with Gasteiger partial charge >= 0.3 is 0 Å². The van der Waals surface area contributed by atoms with Crippen molar-refractivity contribution >= 4 is 5.69 Å². The topological polar surface area (TPSA) is 33.7 Å². The van der Waals surface area contributed by atoms with E-state index in [1.165, 1.54) is 5.56 Å². The molecule has 1 aromatic rings. The van der Waals surface area contributed by atoms with E-state index in [2.05, 4.69) is 42.5 Å². The number of nitrogens with zero attached hydrogens (tertiary/aromatic N) is 1. The lowest BCUT2D eigenvalue weighted by Crippen LogP contribution is -2.29. The van der Waals surface area contributed by atoms with Crippen molar-refractivity contribution in [1.29, 1.82) is 0 Å². The molecule has 0 aliphatic heterocycles. The number of benzene rings is 1. The lowest BCUT2D eigenvalue weighted by atomic mass is 9.92. The second kappa shape index (κ2) is 7.66. The van der Waals surface area contributed by atoms with Gasteiger partial charge in [0.25, 0.3) is 0 Å². The third-order valence-electron chi connectivity index (χ3n) is 4.13. The summed E-state index contributed by atoms with van der Waals surface area (Å²) >= 11 is 0. The fraction of sp³-hybridized carbons (Fsp3) is 0.647. The number of anilines is 1. The van der Waals surface area contributed by atoms with Crippen LogP contribution in [0.5, 0.6) is 5.75 Å². The Morgan fingerprint density at radius 2 is 1.86 bits per heavy atom. The number of ether oxygens (including phenoxy) is 2. The van der Waals surface area contributed by atoms with E-state index in [1.54, 1.807) is 7.11 Å². The highest BCUT2D eigenvalue weighted by Gasteiger charge is 2.21. The number of hydrogen-bond acceptors (Lipinski definition) is 4. The molecule has 1 aliphatic rings. The Balaban J connectivity index is 2.03. The van der Waals surface area contributed by atoms with Crippen LogP contribution in [0, 0.1) is 0 Å². The van der Waals surface area contributed by atoms with Crippen LogP contribution >= 0.6 is 0 Å². The van der Waals surface area contributed by atoms with Crippen LogP contribution in [-0.4, -0.2) is 45.4 Å². The first-order chi connectivity index (χ1) is 10.1. The highest BCUT2D eigenvalue weighted by atomic mass is 16.5. The van der Waals surface area contributed by atoms with Crippen LogP contribution in [0.4, 0.5) is 5.69 Å². The molecule has 1 N–H and O–H groups in total. The van der Waals surface area contributed by atoms with Crippen LogP contribution in [-0.2, 0) is 11.3 Å². The number of nitrogens with one attached hydrogen (secondary N) is 1. The Bertz CT molecular complexity index is 440. The molecular formula is C17H28N2O2. The molecule has 0 spiro atoms. The van der Waals surface area contributed by atoms with Gasteiger partial charge in [-0.3, -0.25) is 0 Å². The zero-order valence-electron chi connectivity index (χ0n) is 13.7. The predicted molar refractivity (Wildman–Crippen MR) is 87.1 cm³/mol. The minimum atomic E-state index is 0.435. The molecule has 1 aromatic carbocycles. The first kappa shape index (κ1) is 16.1. The zero-order valence-corrected chi connectivity index (χ0v) is 13.7. The molecule has 0 atom stereocenters. The van der Waals surface area contributed by atoms with E-state index in [9.17, 15) is 0 Å².